The number of carbonyl (C=O) groups excluding carboxylic acids is 1. The number of hydrogen-bond donors (Lipinski definition) is 0. The zero-order valence-corrected chi connectivity index (χ0v) is 14.1. The quantitative estimate of drug-likeness (QED) is 0.600. The molecule has 134 valence electrons. The first-order valence-electron chi connectivity index (χ1n) is 8.29. The summed E-state index contributed by atoms with van der Waals surface area (Å²) in [4.78, 5) is 12.4. The van der Waals surface area contributed by atoms with Gasteiger partial charge in [-0.1, -0.05) is 24.3 Å². The van der Waals surface area contributed by atoms with Crippen LogP contribution in [-0.2, 0) is 6.61 Å². The molecule has 5 heteroatoms. The molecule has 4 rings (SSSR count). The second-order valence-electron chi connectivity index (χ2n) is 6.06. The van der Waals surface area contributed by atoms with Crippen LogP contribution in [0.25, 0.3) is 6.08 Å². The molecule has 0 unspecified atom stereocenters. The van der Waals surface area contributed by atoms with Crippen LogP contribution in [0.4, 0.5) is 8.78 Å². The van der Waals surface area contributed by atoms with E-state index < -0.39 is 0 Å². The highest BCUT2D eigenvalue weighted by atomic mass is 19.1. The monoisotopic (exact) mass is 364 g/mol. The Bertz CT molecular complexity index is 1020. The molecule has 0 amide bonds. The summed E-state index contributed by atoms with van der Waals surface area (Å²) >= 11 is 0. The van der Waals surface area contributed by atoms with E-state index in [1.54, 1.807) is 48.5 Å². The van der Waals surface area contributed by atoms with Gasteiger partial charge in [0.25, 0.3) is 0 Å². The second-order valence-corrected chi connectivity index (χ2v) is 6.06. The van der Waals surface area contributed by atoms with E-state index in [1.165, 1.54) is 24.3 Å². The standard InChI is InChI=1S/C22H14F2O3/c23-16-5-1-14(2-6-16)11-21-22(25)19-10-9-18(12-20(19)27-21)26-13-15-3-7-17(24)8-4-15/h1-12H,13H2. The van der Waals surface area contributed by atoms with Crippen LogP contribution in [0.5, 0.6) is 11.5 Å². The molecule has 0 atom stereocenters. The lowest BCUT2D eigenvalue weighted by atomic mass is 10.1. The van der Waals surface area contributed by atoms with Crippen LogP contribution >= 0.6 is 0 Å². The first-order valence-corrected chi connectivity index (χ1v) is 8.29. The van der Waals surface area contributed by atoms with Gasteiger partial charge in [-0.15, -0.1) is 0 Å². The van der Waals surface area contributed by atoms with Gasteiger partial charge in [0.05, 0.1) is 5.56 Å². The molecule has 1 aliphatic heterocycles. The van der Waals surface area contributed by atoms with Crippen molar-refractivity contribution in [2.45, 2.75) is 6.61 Å². The minimum atomic E-state index is -0.345. The van der Waals surface area contributed by atoms with Crippen LogP contribution < -0.4 is 9.47 Å². The van der Waals surface area contributed by atoms with Crippen molar-refractivity contribution in [2.75, 3.05) is 0 Å². The van der Waals surface area contributed by atoms with Crippen molar-refractivity contribution in [1.29, 1.82) is 0 Å². The Morgan fingerprint density at radius 3 is 2.26 bits per heavy atom. The molecule has 0 aromatic heterocycles. The fourth-order valence-electron chi connectivity index (χ4n) is 2.71. The Labute approximate surface area is 154 Å². The van der Waals surface area contributed by atoms with Gasteiger partial charge in [0.1, 0.15) is 29.7 Å². The van der Waals surface area contributed by atoms with E-state index in [0.717, 1.165) is 5.56 Å². The molecule has 0 spiro atoms. The molecular formula is C22H14F2O3. The first-order chi connectivity index (χ1) is 13.1. The molecule has 3 aromatic carbocycles. The highest BCUT2D eigenvalue weighted by molar-refractivity contribution is 6.14. The van der Waals surface area contributed by atoms with Gasteiger partial charge in [-0.25, -0.2) is 8.78 Å². The lowest BCUT2D eigenvalue weighted by Crippen LogP contribution is -1.98. The van der Waals surface area contributed by atoms with Gasteiger partial charge in [0.15, 0.2) is 5.76 Å². The van der Waals surface area contributed by atoms with E-state index in [-0.39, 0.29) is 29.8 Å². The number of rotatable bonds is 4. The van der Waals surface area contributed by atoms with Gasteiger partial charge in [0, 0.05) is 6.07 Å². The van der Waals surface area contributed by atoms with Crippen molar-refractivity contribution in [1.82, 2.24) is 0 Å². The SMILES string of the molecule is O=C1C(=Cc2ccc(F)cc2)Oc2cc(OCc3ccc(F)cc3)ccc21. The van der Waals surface area contributed by atoms with Gasteiger partial charge in [-0.2, -0.15) is 0 Å². The highest BCUT2D eigenvalue weighted by Crippen LogP contribution is 2.35. The van der Waals surface area contributed by atoms with E-state index in [9.17, 15) is 13.6 Å². The zero-order chi connectivity index (χ0) is 18.8. The molecule has 3 aromatic rings. The summed E-state index contributed by atoms with van der Waals surface area (Å²) in [5.41, 5.74) is 1.93. The van der Waals surface area contributed by atoms with Gasteiger partial charge in [-0.05, 0) is 53.6 Å². The molecular weight excluding hydrogens is 350 g/mol. The summed E-state index contributed by atoms with van der Waals surface area (Å²) in [5, 5.41) is 0. The molecule has 3 nitrogen and oxygen atoms in total. The van der Waals surface area contributed by atoms with Crippen molar-refractivity contribution >= 4 is 11.9 Å². The maximum atomic E-state index is 13.0. The second kappa shape index (κ2) is 7.03. The van der Waals surface area contributed by atoms with Crippen molar-refractivity contribution in [3.8, 4) is 11.5 Å². The van der Waals surface area contributed by atoms with Gasteiger partial charge >= 0.3 is 0 Å². The number of hydrogen-bond acceptors (Lipinski definition) is 3. The molecule has 27 heavy (non-hydrogen) atoms. The van der Waals surface area contributed by atoms with Crippen LogP contribution in [0.3, 0.4) is 0 Å². The minimum absolute atomic E-state index is 0.173. The predicted molar refractivity (Wildman–Crippen MR) is 96.5 cm³/mol. The predicted octanol–water partition coefficient (Wildman–Crippen LogP) is 5.16. The highest BCUT2D eigenvalue weighted by Gasteiger charge is 2.27. The first kappa shape index (κ1) is 17.0. The summed E-state index contributed by atoms with van der Waals surface area (Å²) < 4.78 is 37.3. The number of ether oxygens (including phenoxy) is 2. The minimum Gasteiger partial charge on any atom is -0.489 e. The molecule has 1 aliphatic rings. The van der Waals surface area contributed by atoms with Crippen molar-refractivity contribution in [2.24, 2.45) is 0 Å². The Morgan fingerprint density at radius 1 is 0.889 bits per heavy atom. The van der Waals surface area contributed by atoms with Crippen LogP contribution in [-0.4, -0.2) is 5.78 Å². The molecule has 0 saturated carbocycles. The number of ketones is 1. The zero-order valence-electron chi connectivity index (χ0n) is 14.1. The van der Waals surface area contributed by atoms with E-state index >= 15 is 0 Å². The topological polar surface area (TPSA) is 35.5 Å². The number of allylic oxidation sites excluding steroid dienone is 1. The lowest BCUT2D eigenvalue weighted by molar-refractivity contribution is 0.101. The summed E-state index contributed by atoms with van der Waals surface area (Å²) in [5.74, 6) is 0.233. The number of Topliss-reactive ketones (excluding diaryl/α,β-unsaturated/α-hetero) is 1. The number of benzene rings is 3. The number of carbonyl (C=O) groups is 1. The van der Waals surface area contributed by atoms with Gasteiger partial charge in [0.2, 0.25) is 5.78 Å². The fourth-order valence-corrected chi connectivity index (χ4v) is 2.71. The molecule has 1 heterocycles. The maximum absolute atomic E-state index is 13.0. The van der Waals surface area contributed by atoms with Crippen LogP contribution in [0.2, 0.25) is 0 Å². The van der Waals surface area contributed by atoms with Gasteiger partial charge in [-0.3, -0.25) is 4.79 Å². The molecule has 0 aliphatic carbocycles. The normalized spacial score (nSPS) is 14.1. The molecule has 0 saturated heterocycles. The average Bonchev–Trinajstić information content (AvgIpc) is 2.98. The Hall–Kier alpha value is -3.47. The molecule has 0 N–H and O–H groups in total. The Kier molecular flexibility index (Phi) is 4.42. The van der Waals surface area contributed by atoms with Crippen LogP contribution in [0.1, 0.15) is 21.5 Å². The van der Waals surface area contributed by atoms with Crippen molar-refractivity contribution in [3.05, 3.63) is 101 Å². The Balaban J connectivity index is 1.50. The van der Waals surface area contributed by atoms with E-state index in [0.29, 0.717) is 22.6 Å². The van der Waals surface area contributed by atoms with E-state index in [4.69, 9.17) is 9.47 Å². The Morgan fingerprint density at radius 2 is 1.56 bits per heavy atom. The summed E-state index contributed by atoms with van der Waals surface area (Å²) in [6.45, 7) is 0.269. The van der Waals surface area contributed by atoms with Gasteiger partial charge < -0.3 is 9.47 Å². The summed E-state index contributed by atoms with van der Waals surface area (Å²) in [7, 11) is 0. The van der Waals surface area contributed by atoms with Crippen molar-refractivity contribution in [3.63, 3.8) is 0 Å². The number of fused-ring (bicyclic) bond motifs is 1. The van der Waals surface area contributed by atoms with Crippen LogP contribution in [0.15, 0.2) is 72.5 Å². The number of halogens is 2. The third kappa shape index (κ3) is 3.72. The third-order valence-electron chi connectivity index (χ3n) is 4.13. The average molecular weight is 364 g/mol. The third-order valence-corrected chi connectivity index (χ3v) is 4.13. The molecule has 0 radical (unpaired) electrons. The summed E-state index contributed by atoms with van der Waals surface area (Å²) in [6, 6.07) is 16.8. The fraction of sp³-hybridized carbons (Fsp3) is 0.0455. The molecule has 0 bridgehead atoms. The van der Waals surface area contributed by atoms with Crippen LogP contribution in [0, 0.1) is 11.6 Å². The largest absolute Gasteiger partial charge is 0.489 e. The lowest BCUT2D eigenvalue weighted by Gasteiger charge is -2.07. The van der Waals surface area contributed by atoms with Crippen molar-refractivity contribution < 1.29 is 23.0 Å². The van der Waals surface area contributed by atoms with E-state index in [2.05, 4.69) is 0 Å². The molecule has 0 fully saturated rings. The maximum Gasteiger partial charge on any atom is 0.231 e. The van der Waals surface area contributed by atoms with E-state index in [1.807, 2.05) is 0 Å². The smallest absolute Gasteiger partial charge is 0.231 e. The summed E-state index contributed by atoms with van der Waals surface area (Å²) in [6.07, 6.45) is 1.57.